The molecule has 5 heteroatoms. The highest BCUT2D eigenvalue weighted by molar-refractivity contribution is 5.85. The number of halogens is 3. The monoisotopic (exact) mass is 371 g/mol. The Morgan fingerprint density at radius 3 is 2.33 bits per heavy atom. The highest BCUT2D eigenvalue weighted by atomic mass is 19.4. The van der Waals surface area contributed by atoms with Gasteiger partial charge in [-0.3, -0.25) is 4.79 Å². The van der Waals surface area contributed by atoms with Crippen molar-refractivity contribution in [1.29, 1.82) is 0 Å². The van der Waals surface area contributed by atoms with E-state index in [-0.39, 0.29) is 12.3 Å². The molecule has 1 unspecified atom stereocenters. The van der Waals surface area contributed by atoms with Crippen molar-refractivity contribution in [2.45, 2.75) is 31.5 Å². The first-order valence-electron chi connectivity index (χ1n) is 8.78. The lowest BCUT2D eigenvalue weighted by Crippen LogP contribution is -2.47. The molecule has 1 atom stereocenters. The third-order valence-electron chi connectivity index (χ3n) is 4.75. The minimum Gasteiger partial charge on any atom is -0.342 e. The molecule has 2 aromatic rings. The third-order valence-corrected chi connectivity index (χ3v) is 4.75. The van der Waals surface area contributed by atoms with E-state index in [9.17, 15) is 18.0 Å². The van der Waals surface area contributed by atoms with Gasteiger partial charge in [-0.25, -0.2) is 0 Å². The van der Waals surface area contributed by atoms with E-state index in [0.29, 0.717) is 12.0 Å². The molecule has 0 aliphatic heterocycles. The summed E-state index contributed by atoms with van der Waals surface area (Å²) in [7, 11) is 0. The van der Waals surface area contributed by atoms with Crippen molar-refractivity contribution >= 4 is 11.5 Å². The van der Waals surface area contributed by atoms with Gasteiger partial charge in [0.25, 0.3) is 0 Å². The number of benzene rings is 2. The zero-order valence-corrected chi connectivity index (χ0v) is 14.9. The summed E-state index contributed by atoms with van der Waals surface area (Å²) in [6.45, 7) is 1.75. The Bertz CT molecular complexity index is 867. The maximum absolute atomic E-state index is 13.0. The lowest BCUT2D eigenvalue weighted by molar-refractivity contribution is -0.137. The first-order chi connectivity index (χ1) is 12.9. The molecule has 1 amide bonds. The molecule has 0 heterocycles. The molecule has 140 valence electrons. The Kier molecular flexibility index (Phi) is 5.22. The molecule has 0 aromatic heterocycles. The van der Waals surface area contributed by atoms with Gasteiger partial charge in [-0.05, 0) is 35.3 Å². The number of allylic oxidation sites excluding steroid dienone is 2. The highest BCUT2D eigenvalue weighted by Gasteiger charge is 2.39. The summed E-state index contributed by atoms with van der Waals surface area (Å²) in [6, 6.07) is 14.6. The van der Waals surface area contributed by atoms with Gasteiger partial charge < -0.3 is 5.32 Å². The van der Waals surface area contributed by atoms with E-state index in [4.69, 9.17) is 0 Å². The molecular weight excluding hydrogens is 351 g/mol. The first kappa shape index (κ1) is 19.0. The van der Waals surface area contributed by atoms with Crippen molar-refractivity contribution in [3.8, 4) is 0 Å². The molecule has 0 saturated carbocycles. The number of carbonyl (C=O) groups excluding carboxylic acids is 1. The van der Waals surface area contributed by atoms with Gasteiger partial charge in [0.1, 0.15) is 0 Å². The van der Waals surface area contributed by atoms with Gasteiger partial charge in [-0.1, -0.05) is 67.6 Å². The van der Waals surface area contributed by atoms with Crippen molar-refractivity contribution in [3.05, 3.63) is 89.5 Å². The predicted octanol–water partition coefficient (Wildman–Crippen LogP) is 5.47. The fourth-order valence-corrected chi connectivity index (χ4v) is 3.36. The Hall–Kier alpha value is -2.82. The Balaban J connectivity index is 2.13. The summed E-state index contributed by atoms with van der Waals surface area (Å²) in [6.07, 6.45) is 2.08. The summed E-state index contributed by atoms with van der Waals surface area (Å²) in [5.41, 5.74) is 0.773. The van der Waals surface area contributed by atoms with Crippen molar-refractivity contribution in [2.75, 3.05) is 0 Å². The molecule has 0 bridgehead atoms. The van der Waals surface area contributed by atoms with E-state index in [0.717, 1.165) is 23.3 Å². The van der Waals surface area contributed by atoms with Gasteiger partial charge >= 0.3 is 6.18 Å². The van der Waals surface area contributed by atoms with E-state index in [1.54, 1.807) is 6.92 Å². The SMILES string of the molecule is CCC(=O)NC1(c2ccc(C(F)(F)F)cc2)CC=CC=C1c1ccccc1. The number of hydrogen-bond donors (Lipinski definition) is 1. The fourth-order valence-electron chi connectivity index (χ4n) is 3.36. The van der Waals surface area contributed by atoms with Crippen molar-refractivity contribution < 1.29 is 18.0 Å². The van der Waals surface area contributed by atoms with Crippen LogP contribution in [-0.2, 0) is 16.5 Å². The van der Waals surface area contributed by atoms with Crippen LogP contribution in [0.1, 0.15) is 36.5 Å². The summed E-state index contributed by atoms with van der Waals surface area (Å²) in [4.78, 5) is 12.3. The van der Waals surface area contributed by atoms with Crippen LogP contribution in [0, 0.1) is 0 Å². The molecule has 2 nitrogen and oxygen atoms in total. The Morgan fingerprint density at radius 2 is 1.74 bits per heavy atom. The Labute approximate surface area is 156 Å². The van der Waals surface area contributed by atoms with Crippen LogP contribution in [0.4, 0.5) is 13.2 Å². The predicted molar refractivity (Wildman–Crippen MR) is 99.7 cm³/mol. The second-order valence-electron chi connectivity index (χ2n) is 6.46. The summed E-state index contributed by atoms with van der Waals surface area (Å²) < 4.78 is 38.9. The molecular formula is C22H20F3NO. The highest BCUT2D eigenvalue weighted by Crippen LogP contribution is 2.42. The largest absolute Gasteiger partial charge is 0.416 e. The van der Waals surface area contributed by atoms with Crippen LogP contribution in [-0.4, -0.2) is 5.91 Å². The third kappa shape index (κ3) is 3.82. The number of carbonyl (C=O) groups is 1. The van der Waals surface area contributed by atoms with Gasteiger partial charge in [0.15, 0.2) is 0 Å². The standard InChI is InChI=1S/C22H20F3NO/c1-2-20(27)26-21(17-11-13-18(14-12-17)22(23,24)25)15-7-6-10-19(21)16-8-4-3-5-9-16/h3-14H,2,15H2,1H3,(H,26,27). The van der Waals surface area contributed by atoms with Crippen LogP contribution in [0.3, 0.4) is 0 Å². The van der Waals surface area contributed by atoms with Crippen LogP contribution in [0.5, 0.6) is 0 Å². The smallest absolute Gasteiger partial charge is 0.342 e. The number of rotatable bonds is 4. The van der Waals surface area contributed by atoms with Crippen LogP contribution in [0.25, 0.3) is 5.57 Å². The molecule has 1 aliphatic rings. The van der Waals surface area contributed by atoms with Gasteiger partial charge in [-0.15, -0.1) is 0 Å². The van der Waals surface area contributed by atoms with Gasteiger partial charge in [0.05, 0.1) is 11.1 Å². The van der Waals surface area contributed by atoms with Crippen molar-refractivity contribution in [1.82, 2.24) is 5.32 Å². The summed E-state index contributed by atoms with van der Waals surface area (Å²) in [5, 5.41) is 3.07. The van der Waals surface area contributed by atoms with Crippen LogP contribution >= 0.6 is 0 Å². The lowest BCUT2D eigenvalue weighted by Gasteiger charge is -2.39. The van der Waals surface area contributed by atoms with Crippen LogP contribution in [0.15, 0.2) is 72.8 Å². The molecule has 3 rings (SSSR count). The number of alkyl halides is 3. The molecule has 2 aromatic carbocycles. The second kappa shape index (κ2) is 7.43. The zero-order valence-electron chi connectivity index (χ0n) is 14.9. The van der Waals surface area contributed by atoms with E-state index >= 15 is 0 Å². The number of nitrogens with one attached hydrogen (secondary N) is 1. The normalized spacial score (nSPS) is 19.5. The average Bonchev–Trinajstić information content (AvgIpc) is 2.68. The molecule has 0 fully saturated rings. The fraction of sp³-hybridized carbons (Fsp3) is 0.227. The lowest BCUT2D eigenvalue weighted by atomic mass is 9.74. The molecule has 1 aliphatic carbocycles. The van der Waals surface area contributed by atoms with E-state index in [2.05, 4.69) is 5.32 Å². The van der Waals surface area contributed by atoms with Gasteiger partial charge in [0.2, 0.25) is 5.91 Å². The molecule has 1 N–H and O–H groups in total. The Morgan fingerprint density at radius 1 is 1.07 bits per heavy atom. The van der Waals surface area contributed by atoms with Gasteiger partial charge in [-0.2, -0.15) is 13.2 Å². The van der Waals surface area contributed by atoms with Crippen molar-refractivity contribution in [2.24, 2.45) is 0 Å². The molecule has 0 spiro atoms. The molecule has 27 heavy (non-hydrogen) atoms. The maximum atomic E-state index is 13.0. The summed E-state index contributed by atoms with van der Waals surface area (Å²) in [5.74, 6) is -0.160. The van der Waals surface area contributed by atoms with Gasteiger partial charge in [0, 0.05) is 6.42 Å². The van der Waals surface area contributed by atoms with Crippen molar-refractivity contribution in [3.63, 3.8) is 0 Å². The first-order valence-corrected chi connectivity index (χ1v) is 8.78. The van der Waals surface area contributed by atoms with E-state index in [1.165, 1.54) is 12.1 Å². The average molecular weight is 371 g/mol. The topological polar surface area (TPSA) is 29.1 Å². The second-order valence-corrected chi connectivity index (χ2v) is 6.46. The van der Waals surface area contributed by atoms with E-state index < -0.39 is 17.3 Å². The maximum Gasteiger partial charge on any atom is 0.416 e. The van der Waals surface area contributed by atoms with Crippen LogP contribution in [0.2, 0.25) is 0 Å². The molecule has 0 saturated heterocycles. The minimum atomic E-state index is -4.40. The quantitative estimate of drug-likeness (QED) is 0.759. The number of hydrogen-bond acceptors (Lipinski definition) is 1. The molecule has 0 radical (unpaired) electrons. The minimum absolute atomic E-state index is 0.160. The summed E-state index contributed by atoms with van der Waals surface area (Å²) >= 11 is 0. The van der Waals surface area contributed by atoms with E-state index in [1.807, 2.05) is 48.6 Å². The number of amides is 1. The zero-order chi connectivity index (χ0) is 19.5. The van der Waals surface area contributed by atoms with Crippen LogP contribution < -0.4 is 5.32 Å².